The van der Waals surface area contributed by atoms with Crippen LogP contribution in [0.15, 0.2) is 18.2 Å². The van der Waals surface area contributed by atoms with Gasteiger partial charge in [-0.15, -0.1) is 11.8 Å². The van der Waals surface area contributed by atoms with Crippen molar-refractivity contribution >= 4 is 29.2 Å². The fourth-order valence-electron chi connectivity index (χ4n) is 2.06. The van der Waals surface area contributed by atoms with Gasteiger partial charge in [0.25, 0.3) is 5.17 Å². The van der Waals surface area contributed by atoms with Gasteiger partial charge in [-0.2, -0.15) is 0 Å². The number of ether oxygens (including phenoxy) is 2. The molecule has 1 fully saturated rings. The highest BCUT2D eigenvalue weighted by molar-refractivity contribution is 7.99. The van der Waals surface area contributed by atoms with Crippen LogP contribution in [0.4, 0.5) is 0 Å². The van der Waals surface area contributed by atoms with E-state index >= 15 is 0 Å². The second-order valence-electron chi connectivity index (χ2n) is 3.66. The fraction of sp³-hybridized carbons (Fsp3) is 0.364. The molecule has 84 valence electrons. The Balaban J connectivity index is 2.13. The normalized spacial score (nSPS) is 22.4. The van der Waals surface area contributed by atoms with Crippen molar-refractivity contribution in [2.75, 3.05) is 19.4 Å². The summed E-state index contributed by atoms with van der Waals surface area (Å²) in [6.45, 7) is 0.963. The minimum Gasteiger partial charge on any atom is -0.493 e. The Kier molecular flexibility index (Phi) is 2.44. The lowest BCUT2D eigenvalue weighted by Crippen LogP contribution is -2.36. The average Bonchev–Trinajstić information content (AvgIpc) is 2.78. The summed E-state index contributed by atoms with van der Waals surface area (Å²) in [6.07, 6.45) is 0. The maximum atomic E-state index is 5.69. The topological polar surface area (TPSA) is 21.7 Å². The van der Waals surface area contributed by atoms with Gasteiger partial charge in [0.15, 0.2) is 11.5 Å². The third kappa shape index (κ3) is 1.38. The zero-order valence-corrected chi connectivity index (χ0v) is 10.4. The highest BCUT2D eigenvalue weighted by Crippen LogP contribution is 2.48. The van der Waals surface area contributed by atoms with Gasteiger partial charge in [0, 0.05) is 17.9 Å². The van der Waals surface area contributed by atoms with Gasteiger partial charge in [0.05, 0.1) is 7.11 Å². The first-order chi connectivity index (χ1) is 7.81. The number of hydrogen-bond acceptors (Lipinski definition) is 4. The maximum absolute atomic E-state index is 5.69. The molecule has 0 aromatic heterocycles. The van der Waals surface area contributed by atoms with Crippen molar-refractivity contribution < 1.29 is 9.47 Å². The maximum Gasteiger partial charge on any atom is 0.266 e. The number of hydrogen-bond donors (Lipinski definition) is 0. The predicted molar refractivity (Wildman–Crippen MR) is 68.1 cm³/mol. The van der Waals surface area contributed by atoms with Crippen LogP contribution in [0.5, 0.6) is 11.5 Å². The molecular weight excluding hydrogens is 242 g/mol. The standard InChI is InChI=1S/C11H11NO2S2/c1-13-8-4-2-3-7-9(8)14-11(15)12-5-6-16-10(7)12/h2-4,10H,5-6H2,1H3. The minimum atomic E-state index is 0.298. The molecule has 3 rings (SSSR count). The SMILES string of the molecule is COc1cccc2c1OC(=S)N1CCSC21. The Labute approximate surface area is 104 Å². The Morgan fingerprint density at radius 2 is 2.44 bits per heavy atom. The molecule has 0 amide bonds. The molecular formula is C11H11NO2S2. The molecule has 2 aliphatic heterocycles. The highest BCUT2D eigenvalue weighted by Gasteiger charge is 2.37. The molecule has 3 nitrogen and oxygen atoms in total. The van der Waals surface area contributed by atoms with Crippen LogP contribution in [0.3, 0.4) is 0 Å². The first-order valence-corrected chi connectivity index (χ1v) is 6.54. The van der Waals surface area contributed by atoms with E-state index in [0.29, 0.717) is 10.5 Å². The van der Waals surface area contributed by atoms with Crippen LogP contribution in [-0.2, 0) is 0 Å². The molecule has 0 radical (unpaired) electrons. The van der Waals surface area contributed by atoms with E-state index in [-0.39, 0.29) is 0 Å². The molecule has 1 saturated heterocycles. The van der Waals surface area contributed by atoms with Crippen molar-refractivity contribution in [2.45, 2.75) is 5.37 Å². The fourth-order valence-corrected chi connectivity index (χ4v) is 3.68. The van der Waals surface area contributed by atoms with Gasteiger partial charge in [0.2, 0.25) is 0 Å². The number of fused-ring (bicyclic) bond motifs is 3. The molecule has 0 aliphatic carbocycles. The zero-order chi connectivity index (χ0) is 11.1. The van der Waals surface area contributed by atoms with Crippen LogP contribution in [0, 0.1) is 0 Å². The summed E-state index contributed by atoms with van der Waals surface area (Å²) in [5, 5.41) is 0.860. The molecule has 0 N–H and O–H groups in total. The second kappa shape index (κ2) is 3.82. The Bertz CT molecular complexity index is 450. The molecule has 0 saturated carbocycles. The third-order valence-electron chi connectivity index (χ3n) is 2.81. The van der Waals surface area contributed by atoms with E-state index in [2.05, 4.69) is 11.0 Å². The lowest BCUT2D eigenvalue weighted by atomic mass is 10.1. The average molecular weight is 253 g/mol. The van der Waals surface area contributed by atoms with E-state index in [9.17, 15) is 0 Å². The zero-order valence-electron chi connectivity index (χ0n) is 8.80. The van der Waals surface area contributed by atoms with Crippen LogP contribution < -0.4 is 9.47 Å². The second-order valence-corrected chi connectivity index (χ2v) is 5.20. The molecule has 1 unspecified atom stereocenters. The van der Waals surface area contributed by atoms with Crippen LogP contribution in [0.1, 0.15) is 10.9 Å². The van der Waals surface area contributed by atoms with Crippen molar-refractivity contribution in [3.63, 3.8) is 0 Å². The number of rotatable bonds is 1. The van der Waals surface area contributed by atoms with Gasteiger partial charge in [-0.1, -0.05) is 12.1 Å². The Hall–Kier alpha value is -0.940. The summed E-state index contributed by atoms with van der Waals surface area (Å²) in [6, 6.07) is 5.97. The molecule has 1 aromatic carbocycles. The van der Waals surface area contributed by atoms with Crippen molar-refractivity contribution in [3.05, 3.63) is 23.8 Å². The lowest BCUT2D eigenvalue weighted by molar-refractivity contribution is 0.315. The molecule has 1 aromatic rings. The largest absolute Gasteiger partial charge is 0.493 e. The third-order valence-corrected chi connectivity index (χ3v) is 4.37. The van der Waals surface area contributed by atoms with Crippen LogP contribution in [-0.4, -0.2) is 29.5 Å². The van der Waals surface area contributed by atoms with Crippen LogP contribution >= 0.6 is 24.0 Å². The molecule has 2 heterocycles. The molecule has 0 bridgehead atoms. The van der Waals surface area contributed by atoms with Gasteiger partial charge >= 0.3 is 0 Å². The van der Waals surface area contributed by atoms with Crippen LogP contribution in [0.2, 0.25) is 0 Å². The van der Waals surface area contributed by atoms with Crippen LogP contribution in [0.25, 0.3) is 0 Å². The van der Waals surface area contributed by atoms with Crippen molar-refractivity contribution in [3.8, 4) is 11.5 Å². The van der Waals surface area contributed by atoms with Gasteiger partial charge < -0.3 is 14.4 Å². The first-order valence-electron chi connectivity index (χ1n) is 5.08. The number of nitrogens with zero attached hydrogens (tertiary/aromatic N) is 1. The van der Waals surface area contributed by atoms with Gasteiger partial charge in [-0.3, -0.25) is 0 Å². The summed E-state index contributed by atoms with van der Waals surface area (Å²) in [5.41, 5.74) is 1.16. The van der Waals surface area contributed by atoms with Gasteiger partial charge in [0.1, 0.15) is 5.37 Å². The predicted octanol–water partition coefficient (Wildman–Crippen LogP) is 2.42. The molecule has 16 heavy (non-hydrogen) atoms. The number of para-hydroxylation sites is 1. The summed E-state index contributed by atoms with van der Waals surface area (Å²) in [4.78, 5) is 2.13. The van der Waals surface area contributed by atoms with E-state index in [1.807, 2.05) is 23.9 Å². The molecule has 2 aliphatic rings. The Morgan fingerprint density at radius 1 is 1.56 bits per heavy atom. The summed E-state index contributed by atoms with van der Waals surface area (Å²) in [5.74, 6) is 2.63. The monoisotopic (exact) mass is 253 g/mol. The lowest BCUT2D eigenvalue weighted by Gasteiger charge is -2.32. The quantitative estimate of drug-likeness (QED) is 0.715. The summed E-state index contributed by atoms with van der Waals surface area (Å²) >= 11 is 7.16. The van der Waals surface area contributed by atoms with E-state index in [1.165, 1.54) is 0 Å². The minimum absolute atomic E-state index is 0.298. The number of thioether (sulfide) groups is 1. The molecule has 0 spiro atoms. The first kappa shape index (κ1) is 10.2. The Morgan fingerprint density at radius 3 is 3.25 bits per heavy atom. The van der Waals surface area contributed by atoms with E-state index in [1.54, 1.807) is 7.11 Å². The van der Waals surface area contributed by atoms with E-state index in [4.69, 9.17) is 21.7 Å². The van der Waals surface area contributed by atoms with Crippen molar-refractivity contribution in [2.24, 2.45) is 0 Å². The smallest absolute Gasteiger partial charge is 0.266 e. The van der Waals surface area contributed by atoms with Crippen molar-refractivity contribution in [1.29, 1.82) is 0 Å². The molecule has 1 atom stereocenters. The molecule has 5 heteroatoms. The number of benzene rings is 1. The van der Waals surface area contributed by atoms with Gasteiger partial charge in [-0.25, -0.2) is 0 Å². The number of thiocarbonyl (C=S) groups is 1. The van der Waals surface area contributed by atoms with E-state index in [0.717, 1.165) is 29.4 Å². The highest BCUT2D eigenvalue weighted by atomic mass is 32.2. The van der Waals surface area contributed by atoms with E-state index < -0.39 is 0 Å². The van der Waals surface area contributed by atoms with Crippen molar-refractivity contribution in [1.82, 2.24) is 4.90 Å². The van der Waals surface area contributed by atoms with Gasteiger partial charge in [-0.05, 0) is 18.3 Å². The summed E-state index contributed by atoms with van der Waals surface area (Å²) < 4.78 is 11.0. The summed E-state index contributed by atoms with van der Waals surface area (Å²) in [7, 11) is 1.65. The number of methoxy groups -OCH3 is 1.